The van der Waals surface area contributed by atoms with Gasteiger partial charge in [-0.3, -0.25) is 9.59 Å². The number of anilines is 2. The summed E-state index contributed by atoms with van der Waals surface area (Å²) in [6.07, 6.45) is 5.56. The van der Waals surface area contributed by atoms with Crippen LogP contribution in [0.25, 0.3) is 0 Å². The van der Waals surface area contributed by atoms with E-state index in [1.807, 2.05) is 13.8 Å². The van der Waals surface area contributed by atoms with E-state index in [0.717, 1.165) is 19.4 Å². The Bertz CT molecular complexity index is 779. The van der Waals surface area contributed by atoms with E-state index in [1.165, 1.54) is 11.3 Å². The minimum atomic E-state index is -0.108. The lowest BCUT2D eigenvalue weighted by Gasteiger charge is -2.33. The number of piperidine rings is 1. The summed E-state index contributed by atoms with van der Waals surface area (Å²) in [5.74, 6) is 0.443. The van der Waals surface area contributed by atoms with Crippen LogP contribution in [0, 0.1) is 5.92 Å². The molecule has 1 aliphatic rings. The molecular formula is C18H24N6O2S. The molecule has 0 saturated carbocycles. The molecule has 2 aromatic rings. The first-order chi connectivity index (χ1) is 13.0. The summed E-state index contributed by atoms with van der Waals surface area (Å²) in [6.45, 7) is 5.24. The topological polar surface area (TPSA) is 100 Å². The standard InChI is InChI=1S/C18H24N6O2S/c1-12(2)16(26)23-18-22-14(11-27-18)9-15(25)21-13-5-3-8-24(10-13)17-19-6-4-7-20-17/h4,6-7,11-13H,3,5,8-10H2,1-2H3,(H,21,25)(H,22,23,26). The van der Waals surface area contributed by atoms with Crippen molar-refractivity contribution in [3.63, 3.8) is 0 Å². The monoisotopic (exact) mass is 388 g/mol. The van der Waals surface area contributed by atoms with Gasteiger partial charge in [0, 0.05) is 42.8 Å². The fourth-order valence-corrected chi connectivity index (χ4v) is 3.58. The van der Waals surface area contributed by atoms with Gasteiger partial charge < -0.3 is 15.5 Å². The number of amides is 2. The quantitative estimate of drug-likeness (QED) is 0.783. The fraction of sp³-hybridized carbons (Fsp3) is 0.500. The second-order valence-electron chi connectivity index (χ2n) is 6.87. The number of hydrogen-bond donors (Lipinski definition) is 2. The predicted octanol–water partition coefficient (Wildman–Crippen LogP) is 1.86. The molecule has 0 aliphatic carbocycles. The third-order valence-corrected chi connectivity index (χ3v) is 5.08. The van der Waals surface area contributed by atoms with E-state index in [-0.39, 0.29) is 30.2 Å². The van der Waals surface area contributed by atoms with Crippen LogP contribution in [-0.2, 0) is 16.0 Å². The second-order valence-corrected chi connectivity index (χ2v) is 7.72. The number of aromatic nitrogens is 3. The van der Waals surface area contributed by atoms with Crippen molar-refractivity contribution in [2.24, 2.45) is 5.92 Å². The van der Waals surface area contributed by atoms with Crippen LogP contribution < -0.4 is 15.5 Å². The molecule has 1 unspecified atom stereocenters. The maximum atomic E-state index is 12.4. The smallest absolute Gasteiger partial charge is 0.228 e. The molecule has 9 heteroatoms. The molecule has 1 fully saturated rings. The van der Waals surface area contributed by atoms with E-state index in [1.54, 1.807) is 23.8 Å². The van der Waals surface area contributed by atoms with Crippen LogP contribution >= 0.6 is 11.3 Å². The van der Waals surface area contributed by atoms with Crippen LogP contribution in [0.5, 0.6) is 0 Å². The normalized spacial score (nSPS) is 17.0. The highest BCUT2D eigenvalue weighted by atomic mass is 32.1. The molecule has 0 spiro atoms. The van der Waals surface area contributed by atoms with E-state index >= 15 is 0 Å². The van der Waals surface area contributed by atoms with Gasteiger partial charge in [0.05, 0.1) is 12.1 Å². The zero-order chi connectivity index (χ0) is 19.2. The lowest BCUT2D eigenvalue weighted by Crippen LogP contribution is -2.48. The molecule has 0 bridgehead atoms. The maximum absolute atomic E-state index is 12.4. The average Bonchev–Trinajstić information content (AvgIpc) is 3.09. The minimum absolute atomic E-state index is 0.0637. The van der Waals surface area contributed by atoms with Crippen LogP contribution in [0.1, 0.15) is 32.4 Å². The average molecular weight is 388 g/mol. The first-order valence-electron chi connectivity index (χ1n) is 9.08. The first kappa shape index (κ1) is 19.2. The Balaban J connectivity index is 1.50. The number of thiazole rings is 1. The van der Waals surface area contributed by atoms with Gasteiger partial charge >= 0.3 is 0 Å². The van der Waals surface area contributed by atoms with Crippen LogP contribution in [-0.4, -0.2) is 45.9 Å². The van der Waals surface area contributed by atoms with Gasteiger partial charge in [0.1, 0.15) is 0 Å². The summed E-state index contributed by atoms with van der Waals surface area (Å²) >= 11 is 1.33. The molecule has 0 aromatic carbocycles. The highest BCUT2D eigenvalue weighted by Gasteiger charge is 2.23. The summed E-state index contributed by atoms with van der Waals surface area (Å²) in [5, 5.41) is 8.17. The Morgan fingerprint density at radius 1 is 1.33 bits per heavy atom. The van der Waals surface area contributed by atoms with Crippen LogP contribution in [0.4, 0.5) is 11.1 Å². The molecule has 0 radical (unpaired) electrons. The molecule has 8 nitrogen and oxygen atoms in total. The molecule has 2 aromatic heterocycles. The van der Waals surface area contributed by atoms with Gasteiger partial charge in [0.25, 0.3) is 0 Å². The van der Waals surface area contributed by atoms with E-state index in [0.29, 0.717) is 23.3 Å². The molecule has 1 aliphatic heterocycles. The van der Waals surface area contributed by atoms with Crippen molar-refractivity contribution in [1.82, 2.24) is 20.3 Å². The van der Waals surface area contributed by atoms with Crippen molar-refractivity contribution in [2.45, 2.75) is 39.2 Å². The van der Waals surface area contributed by atoms with E-state index in [4.69, 9.17) is 0 Å². The first-order valence-corrected chi connectivity index (χ1v) is 9.96. The molecule has 3 rings (SSSR count). The molecular weight excluding hydrogens is 364 g/mol. The van der Waals surface area contributed by atoms with Gasteiger partial charge in [-0.25, -0.2) is 15.0 Å². The molecule has 1 saturated heterocycles. The van der Waals surface area contributed by atoms with Gasteiger partial charge in [-0.05, 0) is 18.9 Å². The number of nitrogens with one attached hydrogen (secondary N) is 2. The molecule has 2 amide bonds. The Morgan fingerprint density at radius 3 is 2.85 bits per heavy atom. The predicted molar refractivity (Wildman–Crippen MR) is 105 cm³/mol. The Labute approximate surface area is 162 Å². The van der Waals surface area contributed by atoms with Crippen LogP contribution in [0.2, 0.25) is 0 Å². The van der Waals surface area contributed by atoms with Gasteiger partial charge in [-0.15, -0.1) is 11.3 Å². The Morgan fingerprint density at radius 2 is 2.11 bits per heavy atom. The van der Waals surface area contributed by atoms with E-state index in [2.05, 4.69) is 30.5 Å². The third-order valence-electron chi connectivity index (χ3n) is 4.27. The molecule has 2 N–H and O–H groups in total. The SMILES string of the molecule is CC(C)C(=O)Nc1nc(CC(=O)NC2CCCN(c3ncccn3)C2)cs1. The van der Waals surface area contributed by atoms with Crippen molar-refractivity contribution < 1.29 is 9.59 Å². The van der Waals surface area contributed by atoms with Crippen molar-refractivity contribution >= 4 is 34.2 Å². The number of hydrogen-bond acceptors (Lipinski definition) is 7. The van der Waals surface area contributed by atoms with Gasteiger partial charge in [0.15, 0.2) is 5.13 Å². The van der Waals surface area contributed by atoms with E-state index < -0.39 is 0 Å². The van der Waals surface area contributed by atoms with Gasteiger partial charge in [0.2, 0.25) is 17.8 Å². The fourth-order valence-electron chi connectivity index (χ4n) is 2.87. The summed E-state index contributed by atoms with van der Waals surface area (Å²) in [5.41, 5.74) is 0.663. The minimum Gasteiger partial charge on any atom is -0.351 e. The van der Waals surface area contributed by atoms with Crippen LogP contribution in [0.3, 0.4) is 0 Å². The summed E-state index contributed by atoms with van der Waals surface area (Å²) in [6, 6.07) is 1.85. The Hall–Kier alpha value is -2.55. The van der Waals surface area contributed by atoms with Crippen molar-refractivity contribution in [2.75, 3.05) is 23.3 Å². The molecule has 27 heavy (non-hydrogen) atoms. The van der Waals surface area contributed by atoms with E-state index in [9.17, 15) is 9.59 Å². The number of nitrogens with zero attached hydrogens (tertiary/aromatic N) is 4. The number of carbonyl (C=O) groups is 2. The second kappa shape index (κ2) is 8.90. The maximum Gasteiger partial charge on any atom is 0.228 e. The summed E-state index contributed by atoms with van der Waals surface area (Å²) in [4.78, 5) is 39.1. The third kappa shape index (κ3) is 5.46. The zero-order valence-electron chi connectivity index (χ0n) is 15.5. The van der Waals surface area contributed by atoms with Crippen molar-refractivity contribution in [1.29, 1.82) is 0 Å². The van der Waals surface area contributed by atoms with Crippen molar-refractivity contribution in [3.8, 4) is 0 Å². The highest BCUT2D eigenvalue weighted by Crippen LogP contribution is 2.18. The van der Waals surface area contributed by atoms with Gasteiger partial charge in [-0.1, -0.05) is 13.8 Å². The zero-order valence-corrected chi connectivity index (χ0v) is 16.3. The molecule has 3 heterocycles. The van der Waals surface area contributed by atoms with Crippen LogP contribution in [0.15, 0.2) is 23.8 Å². The van der Waals surface area contributed by atoms with Gasteiger partial charge in [-0.2, -0.15) is 0 Å². The Kier molecular flexibility index (Phi) is 6.33. The van der Waals surface area contributed by atoms with Crippen molar-refractivity contribution in [3.05, 3.63) is 29.5 Å². The lowest BCUT2D eigenvalue weighted by atomic mass is 10.1. The summed E-state index contributed by atoms with van der Waals surface area (Å²) in [7, 11) is 0. The highest BCUT2D eigenvalue weighted by molar-refractivity contribution is 7.13. The molecule has 1 atom stereocenters. The number of carbonyl (C=O) groups excluding carboxylic acids is 2. The summed E-state index contributed by atoms with van der Waals surface area (Å²) < 4.78 is 0. The largest absolute Gasteiger partial charge is 0.351 e. The molecule has 144 valence electrons. The number of rotatable bonds is 6. The lowest BCUT2D eigenvalue weighted by molar-refractivity contribution is -0.121.